The minimum absolute atomic E-state index is 0.661. The molecule has 3 aromatic rings. The summed E-state index contributed by atoms with van der Waals surface area (Å²) in [7, 11) is 0. The summed E-state index contributed by atoms with van der Waals surface area (Å²) in [4.78, 5) is 11.5. The molecule has 3 heterocycles. The van der Waals surface area contributed by atoms with Gasteiger partial charge in [0.1, 0.15) is 12.2 Å². The minimum Gasteiger partial charge on any atom is -0.330 e. The Balaban J connectivity index is 1.41. The first kappa shape index (κ1) is 16.3. The van der Waals surface area contributed by atoms with Gasteiger partial charge in [0, 0.05) is 19.6 Å². The number of piperidine rings is 1. The molecule has 0 N–H and O–H groups in total. The first-order valence-corrected chi connectivity index (χ1v) is 9.32. The van der Waals surface area contributed by atoms with Gasteiger partial charge in [-0.3, -0.25) is 4.90 Å². The van der Waals surface area contributed by atoms with Gasteiger partial charge in [0.05, 0.1) is 23.9 Å². The van der Waals surface area contributed by atoms with Crippen LogP contribution in [0.15, 0.2) is 36.9 Å². The zero-order chi connectivity index (χ0) is 17.1. The average molecular weight is 338 g/mol. The SMILES string of the molecule is CCCn1ncnc1CN1CCCC(Cn2cnc3ccccc32)C1. The van der Waals surface area contributed by atoms with Crippen LogP contribution in [-0.4, -0.2) is 42.3 Å². The predicted molar refractivity (Wildman–Crippen MR) is 98.0 cm³/mol. The zero-order valence-electron chi connectivity index (χ0n) is 14.9. The molecule has 0 amide bonds. The second-order valence-electron chi connectivity index (χ2n) is 7.03. The van der Waals surface area contributed by atoms with Crippen LogP contribution in [0.4, 0.5) is 0 Å². The van der Waals surface area contributed by atoms with Crippen molar-refractivity contribution in [2.24, 2.45) is 5.92 Å². The molecule has 0 radical (unpaired) electrons. The van der Waals surface area contributed by atoms with E-state index in [9.17, 15) is 0 Å². The van der Waals surface area contributed by atoms with Crippen molar-refractivity contribution < 1.29 is 0 Å². The lowest BCUT2D eigenvalue weighted by Gasteiger charge is -2.32. The fraction of sp³-hybridized carbons (Fsp3) is 0.526. The normalized spacial score (nSPS) is 18.8. The molecule has 1 saturated heterocycles. The highest BCUT2D eigenvalue weighted by Crippen LogP contribution is 2.22. The molecule has 1 aliphatic rings. The van der Waals surface area contributed by atoms with Gasteiger partial charge in [-0.2, -0.15) is 5.10 Å². The van der Waals surface area contributed by atoms with Crippen molar-refractivity contribution >= 4 is 11.0 Å². The summed E-state index contributed by atoms with van der Waals surface area (Å²) in [5.74, 6) is 1.75. The maximum atomic E-state index is 4.52. The van der Waals surface area contributed by atoms with Crippen molar-refractivity contribution in [3.63, 3.8) is 0 Å². The molecule has 0 aliphatic carbocycles. The molecule has 25 heavy (non-hydrogen) atoms. The van der Waals surface area contributed by atoms with Crippen LogP contribution in [0.5, 0.6) is 0 Å². The van der Waals surface area contributed by atoms with Crippen LogP contribution in [0, 0.1) is 5.92 Å². The molecule has 1 fully saturated rings. The monoisotopic (exact) mass is 338 g/mol. The summed E-state index contributed by atoms with van der Waals surface area (Å²) in [5, 5.41) is 4.35. The third-order valence-electron chi connectivity index (χ3n) is 5.08. The molecule has 1 aromatic carbocycles. The number of para-hydroxylation sites is 2. The number of hydrogen-bond donors (Lipinski definition) is 0. The van der Waals surface area contributed by atoms with Crippen LogP contribution in [0.3, 0.4) is 0 Å². The van der Waals surface area contributed by atoms with Crippen LogP contribution in [0.2, 0.25) is 0 Å². The van der Waals surface area contributed by atoms with Crippen molar-refractivity contribution in [3.8, 4) is 0 Å². The van der Waals surface area contributed by atoms with Crippen LogP contribution >= 0.6 is 0 Å². The van der Waals surface area contributed by atoms with Crippen LogP contribution < -0.4 is 0 Å². The Morgan fingerprint density at radius 3 is 3.04 bits per heavy atom. The summed E-state index contributed by atoms with van der Waals surface area (Å²) in [6.07, 6.45) is 7.29. The number of aryl methyl sites for hydroxylation is 1. The number of aromatic nitrogens is 5. The number of likely N-dealkylation sites (tertiary alicyclic amines) is 1. The Labute approximate surface area is 148 Å². The third kappa shape index (κ3) is 3.58. The number of hydrogen-bond acceptors (Lipinski definition) is 4. The van der Waals surface area contributed by atoms with Crippen molar-refractivity contribution in [1.29, 1.82) is 0 Å². The molecule has 0 saturated carbocycles. The van der Waals surface area contributed by atoms with E-state index in [-0.39, 0.29) is 0 Å². The summed E-state index contributed by atoms with van der Waals surface area (Å²) in [6.45, 7) is 7.34. The number of imidazole rings is 1. The average Bonchev–Trinajstić information content (AvgIpc) is 3.23. The lowest BCUT2D eigenvalue weighted by molar-refractivity contribution is 0.151. The lowest BCUT2D eigenvalue weighted by atomic mass is 9.98. The van der Waals surface area contributed by atoms with Gasteiger partial charge in [0.2, 0.25) is 0 Å². The van der Waals surface area contributed by atoms with E-state index in [0.717, 1.165) is 50.5 Å². The Bertz CT molecular complexity index is 820. The largest absolute Gasteiger partial charge is 0.330 e. The molecular formula is C19H26N6. The highest BCUT2D eigenvalue weighted by Gasteiger charge is 2.22. The second kappa shape index (κ2) is 7.35. The standard InChI is InChI=1S/C19H26N6/c1-2-9-25-19(20-14-22-25)13-23-10-5-6-16(11-23)12-24-15-21-17-7-3-4-8-18(17)24/h3-4,7-8,14-16H,2,5-6,9-13H2,1H3. The van der Waals surface area contributed by atoms with Gasteiger partial charge in [-0.25, -0.2) is 14.6 Å². The van der Waals surface area contributed by atoms with Gasteiger partial charge >= 0.3 is 0 Å². The molecule has 0 spiro atoms. The summed E-state index contributed by atoms with van der Waals surface area (Å²) in [5.41, 5.74) is 2.32. The first-order valence-electron chi connectivity index (χ1n) is 9.32. The van der Waals surface area contributed by atoms with Gasteiger partial charge in [-0.1, -0.05) is 19.1 Å². The Kier molecular flexibility index (Phi) is 4.78. The topological polar surface area (TPSA) is 51.8 Å². The Morgan fingerprint density at radius 1 is 1.20 bits per heavy atom. The second-order valence-corrected chi connectivity index (χ2v) is 7.03. The van der Waals surface area contributed by atoms with Crippen molar-refractivity contribution in [2.45, 2.75) is 45.8 Å². The Morgan fingerprint density at radius 2 is 2.12 bits per heavy atom. The van der Waals surface area contributed by atoms with E-state index in [0.29, 0.717) is 5.92 Å². The number of benzene rings is 1. The van der Waals surface area contributed by atoms with Crippen LogP contribution in [0.25, 0.3) is 11.0 Å². The number of fused-ring (bicyclic) bond motifs is 1. The number of nitrogens with zero attached hydrogens (tertiary/aromatic N) is 6. The maximum absolute atomic E-state index is 4.52. The van der Waals surface area contributed by atoms with Crippen LogP contribution in [0.1, 0.15) is 32.0 Å². The third-order valence-corrected chi connectivity index (χ3v) is 5.08. The molecule has 2 aromatic heterocycles. The molecule has 1 unspecified atom stereocenters. The zero-order valence-corrected chi connectivity index (χ0v) is 14.9. The highest BCUT2D eigenvalue weighted by molar-refractivity contribution is 5.74. The fourth-order valence-corrected chi connectivity index (χ4v) is 3.89. The van der Waals surface area contributed by atoms with Gasteiger partial charge < -0.3 is 4.57 Å². The van der Waals surface area contributed by atoms with E-state index >= 15 is 0 Å². The molecule has 1 atom stereocenters. The fourth-order valence-electron chi connectivity index (χ4n) is 3.89. The lowest BCUT2D eigenvalue weighted by Crippen LogP contribution is -2.37. The van der Waals surface area contributed by atoms with E-state index in [4.69, 9.17) is 0 Å². The van der Waals surface area contributed by atoms with Gasteiger partial charge in [-0.15, -0.1) is 0 Å². The molecule has 0 bridgehead atoms. The maximum Gasteiger partial charge on any atom is 0.141 e. The quantitative estimate of drug-likeness (QED) is 0.693. The number of rotatable bonds is 6. The Hall–Kier alpha value is -2.21. The molecule has 132 valence electrons. The van der Waals surface area contributed by atoms with E-state index in [1.807, 2.05) is 11.0 Å². The minimum atomic E-state index is 0.661. The first-order chi connectivity index (χ1) is 12.3. The van der Waals surface area contributed by atoms with E-state index in [2.05, 4.69) is 55.7 Å². The molecule has 1 aliphatic heterocycles. The van der Waals surface area contributed by atoms with E-state index < -0.39 is 0 Å². The molecule has 6 heteroatoms. The van der Waals surface area contributed by atoms with Gasteiger partial charge in [0.15, 0.2) is 0 Å². The van der Waals surface area contributed by atoms with Crippen molar-refractivity contribution in [3.05, 3.63) is 42.7 Å². The summed E-state index contributed by atoms with van der Waals surface area (Å²) >= 11 is 0. The van der Waals surface area contributed by atoms with Crippen molar-refractivity contribution in [1.82, 2.24) is 29.2 Å². The van der Waals surface area contributed by atoms with Crippen LogP contribution in [-0.2, 0) is 19.6 Å². The predicted octanol–water partition coefficient (Wildman–Crippen LogP) is 2.95. The molecular weight excluding hydrogens is 312 g/mol. The van der Waals surface area contributed by atoms with Crippen molar-refractivity contribution in [2.75, 3.05) is 13.1 Å². The highest BCUT2D eigenvalue weighted by atomic mass is 15.3. The summed E-state index contributed by atoms with van der Waals surface area (Å²) < 4.78 is 4.36. The van der Waals surface area contributed by atoms with E-state index in [1.54, 1.807) is 6.33 Å². The molecule has 4 rings (SSSR count). The summed E-state index contributed by atoms with van der Waals surface area (Å²) in [6, 6.07) is 8.39. The van der Waals surface area contributed by atoms with Gasteiger partial charge in [-0.05, 0) is 43.9 Å². The van der Waals surface area contributed by atoms with Gasteiger partial charge in [0.25, 0.3) is 0 Å². The molecule has 6 nitrogen and oxygen atoms in total. The van der Waals surface area contributed by atoms with E-state index in [1.165, 1.54) is 18.4 Å². The smallest absolute Gasteiger partial charge is 0.141 e.